The zero-order valence-electron chi connectivity index (χ0n) is 17.9. The molecule has 0 radical (unpaired) electrons. The lowest BCUT2D eigenvalue weighted by molar-refractivity contribution is 0.0745. The van der Waals surface area contributed by atoms with Crippen LogP contribution in [0.3, 0.4) is 0 Å². The summed E-state index contributed by atoms with van der Waals surface area (Å²) >= 11 is 0. The molecule has 0 spiro atoms. The number of likely N-dealkylation sites (N-methyl/N-ethyl adjacent to an activating group) is 1. The van der Waals surface area contributed by atoms with Crippen LogP contribution in [0.4, 0.5) is 11.6 Å². The number of anilines is 2. The molecule has 2 aliphatic rings. The molecule has 0 aliphatic carbocycles. The summed E-state index contributed by atoms with van der Waals surface area (Å²) in [5.74, 6) is 2.06. The van der Waals surface area contributed by atoms with Crippen LogP contribution in [-0.4, -0.2) is 78.7 Å². The number of piperazine rings is 1. The van der Waals surface area contributed by atoms with E-state index in [0.717, 1.165) is 50.0 Å². The summed E-state index contributed by atoms with van der Waals surface area (Å²) in [6.07, 6.45) is 3.66. The van der Waals surface area contributed by atoms with Crippen molar-refractivity contribution in [2.45, 2.75) is 20.8 Å². The van der Waals surface area contributed by atoms with Crippen LogP contribution in [0.5, 0.6) is 0 Å². The van der Waals surface area contributed by atoms with Crippen molar-refractivity contribution in [2.75, 3.05) is 62.8 Å². The van der Waals surface area contributed by atoms with Gasteiger partial charge in [0.15, 0.2) is 0 Å². The van der Waals surface area contributed by atoms with E-state index in [1.165, 1.54) is 11.1 Å². The highest BCUT2D eigenvalue weighted by Gasteiger charge is 2.26. The Balaban J connectivity index is 1.42. The minimum Gasteiger partial charge on any atom is -0.353 e. The lowest BCUT2D eigenvalue weighted by Gasteiger charge is -2.36. The van der Waals surface area contributed by atoms with Crippen LogP contribution in [-0.2, 0) is 0 Å². The monoisotopic (exact) mass is 394 g/mol. The van der Waals surface area contributed by atoms with Gasteiger partial charge in [-0.05, 0) is 50.6 Å². The van der Waals surface area contributed by atoms with E-state index in [1.54, 1.807) is 6.20 Å². The third kappa shape index (κ3) is 4.05. The Hall–Kier alpha value is -2.67. The number of nitrogens with zero attached hydrogens (tertiary/aromatic N) is 6. The van der Waals surface area contributed by atoms with Gasteiger partial charge < -0.3 is 14.7 Å². The second-order valence-corrected chi connectivity index (χ2v) is 8.27. The van der Waals surface area contributed by atoms with E-state index >= 15 is 0 Å². The molecule has 7 heteroatoms. The standard InChI is InChI=1S/C22H30N6O/c1-16-11-18(3)21(24-13-16)26-7-9-27(10-8-26)22(29)19-14-23-20(12-17(19)2)28-6-5-25(4)15-28/h11-14H,5-10,15H2,1-4H3. The molecule has 2 aromatic heterocycles. The highest BCUT2D eigenvalue weighted by molar-refractivity contribution is 5.95. The summed E-state index contributed by atoms with van der Waals surface area (Å²) < 4.78 is 0. The summed E-state index contributed by atoms with van der Waals surface area (Å²) in [7, 11) is 2.11. The van der Waals surface area contributed by atoms with Gasteiger partial charge in [0.1, 0.15) is 11.6 Å². The highest BCUT2D eigenvalue weighted by atomic mass is 16.2. The Labute approximate surface area is 172 Å². The van der Waals surface area contributed by atoms with Gasteiger partial charge in [-0.2, -0.15) is 0 Å². The fourth-order valence-corrected chi connectivity index (χ4v) is 4.18. The van der Waals surface area contributed by atoms with Crippen LogP contribution in [0.15, 0.2) is 24.5 Å². The van der Waals surface area contributed by atoms with Crippen LogP contribution in [0.1, 0.15) is 27.0 Å². The Morgan fingerprint density at radius 2 is 1.59 bits per heavy atom. The number of rotatable bonds is 3. The molecule has 29 heavy (non-hydrogen) atoms. The van der Waals surface area contributed by atoms with E-state index in [-0.39, 0.29) is 5.91 Å². The van der Waals surface area contributed by atoms with Crippen molar-refractivity contribution in [3.63, 3.8) is 0 Å². The molecule has 2 saturated heterocycles. The van der Waals surface area contributed by atoms with Crippen molar-refractivity contribution in [1.82, 2.24) is 19.8 Å². The number of carbonyl (C=O) groups is 1. The van der Waals surface area contributed by atoms with E-state index in [2.05, 4.69) is 51.6 Å². The minimum absolute atomic E-state index is 0.0772. The van der Waals surface area contributed by atoms with Gasteiger partial charge in [-0.15, -0.1) is 0 Å². The molecule has 0 atom stereocenters. The van der Waals surface area contributed by atoms with Crippen molar-refractivity contribution in [2.24, 2.45) is 0 Å². The number of aromatic nitrogens is 2. The van der Waals surface area contributed by atoms with Gasteiger partial charge in [0.2, 0.25) is 0 Å². The van der Waals surface area contributed by atoms with Crippen molar-refractivity contribution in [3.05, 3.63) is 46.8 Å². The largest absolute Gasteiger partial charge is 0.353 e. The average molecular weight is 395 g/mol. The van der Waals surface area contributed by atoms with E-state index in [0.29, 0.717) is 18.7 Å². The van der Waals surface area contributed by atoms with Crippen molar-refractivity contribution < 1.29 is 4.79 Å². The van der Waals surface area contributed by atoms with Gasteiger partial charge in [0.05, 0.1) is 12.2 Å². The first kappa shape index (κ1) is 19.6. The summed E-state index contributed by atoms with van der Waals surface area (Å²) in [4.78, 5) is 31.0. The van der Waals surface area contributed by atoms with Crippen LogP contribution in [0.25, 0.3) is 0 Å². The van der Waals surface area contributed by atoms with Crippen LogP contribution < -0.4 is 9.80 Å². The predicted molar refractivity (Wildman–Crippen MR) is 116 cm³/mol. The Kier molecular flexibility index (Phi) is 5.41. The average Bonchev–Trinajstić information content (AvgIpc) is 3.14. The van der Waals surface area contributed by atoms with Gasteiger partial charge in [-0.3, -0.25) is 9.69 Å². The first-order valence-corrected chi connectivity index (χ1v) is 10.3. The van der Waals surface area contributed by atoms with E-state index in [1.807, 2.05) is 24.1 Å². The van der Waals surface area contributed by atoms with Crippen molar-refractivity contribution >= 4 is 17.5 Å². The molecule has 2 aliphatic heterocycles. The third-order valence-electron chi connectivity index (χ3n) is 5.87. The molecule has 1 amide bonds. The van der Waals surface area contributed by atoms with Crippen molar-refractivity contribution in [3.8, 4) is 0 Å². The smallest absolute Gasteiger partial charge is 0.255 e. The van der Waals surface area contributed by atoms with Crippen LogP contribution in [0, 0.1) is 20.8 Å². The molecule has 0 unspecified atom stereocenters. The zero-order chi connectivity index (χ0) is 20.5. The fourth-order valence-electron chi connectivity index (χ4n) is 4.18. The number of pyridine rings is 2. The van der Waals surface area contributed by atoms with E-state index < -0.39 is 0 Å². The first-order chi connectivity index (χ1) is 13.9. The summed E-state index contributed by atoms with van der Waals surface area (Å²) in [6.45, 7) is 12.1. The Morgan fingerprint density at radius 1 is 0.862 bits per heavy atom. The van der Waals surface area contributed by atoms with Crippen LogP contribution >= 0.6 is 0 Å². The summed E-state index contributed by atoms with van der Waals surface area (Å²) in [5.41, 5.74) is 4.06. The highest BCUT2D eigenvalue weighted by Crippen LogP contribution is 2.22. The zero-order valence-corrected chi connectivity index (χ0v) is 17.9. The van der Waals surface area contributed by atoms with Gasteiger partial charge in [0, 0.05) is 51.7 Å². The number of amides is 1. The molecule has 0 aromatic carbocycles. The maximum absolute atomic E-state index is 13.1. The number of carbonyl (C=O) groups excluding carboxylic acids is 1. The molecule has 4 heterocycles. The Morgan fingerprint density at radius 3 is 2.21 bits per heavy atom. The first-order valence-electron chi connectivity index (χ1n) is 10.3. The topological polar surface area (TPSA) is 55.8 Å². The SMILES string of the molecule is Cc1cnc(N2CCN(C(=O)c3cnc(N4CCN(C)C4)cc3C)CC2)c(C)c1. The van der Waals surface area contributed by atoms with E-state index in [4.69, 9.17) is 0 Å². The predicted octanol–water partition coefficient (Wildman–Crippen LogP) is 2.07. The molecule has 2 aromatic rings. The number of hydrogen-bond donors (Lipinski definition) is 0. The molecule has 0 bridgehead atoms. The Bertz CT molecular complexity index is 906. The minimum atomic E-state index is 0.0772. The van der Waals surface area contributed by atoms with Gasteiger partial charge in [0.25, 0.3) is 5.91 Å². The second kappa shape index (κ2) is 7.99. The molecular weight excluding hydrogens is 364 g/mol. The molecule has 7 nitrogen and oxygen atoms in total. The number of hydrogen-bond acceptors (Lipinski definition) is 6. The van der Waals surface area contributed by atoms with Crippen molar-refractivity contribution in [1.29, 1.82) is 0 Å². The molecule has 2 fully saturated rings. The molecule has 4 rings (SSSR count). The lowest BCUT2D eigenvalue weighted by Crippen LogP contribution is -2.49. The third-order valence-corrected chi connectivity index (χ3v) is 5.87. The normalized spacial score (nSPS) is 17.9. The lowest BCUT2D eigenvalue weighted by atomic mass is 10.1. The second-order valence-electron chi connectivity index (χ2n) is 8.27. The quantitative estimate of drug-likeness (QED) is 0.795. The maximum atomic E-state index is 13.1. The molecular formula is C22H30N6O. The van der Waals surface area contributed by atoms with Gasteiger partial charge in [-0.25, -0.2) is 9.97 Å². The molecule has 154 valence electrons. The van der Waals surface area contributed by atoms with Gasteiger partial charge >= 0.3 is 0 Å². The summed E-state index contributed by atoms with van der Waals surface area (Å²) in [5, 5.41) is 0. The van der Waals surface area contributed by atoms with E-state index in [9.17, 15) is 4.79 Å². The maximum Gasteiger partial charge on any atom is 0.255 e. The van der Waals surface area contributed by atoms with Crippen LogP contribution in [0.2, 0.25) is 0 Å². The molecule has 0 saturated carbocycles. The summed E-state index contributed by atoms with van der Waals surface area (Å²) in [6, 6.07) is 4.21. The van der Waals surface area contributed by atoms with Gasteiger partial charge in [-0.1, -0.05) is 6.07 Å². The fraction of sp³-hybridized carbons (Fsp3) is 0.500. The molecule has 0 N–H and O–H groups in total. The number of aryl methyl sites for hydroxylation is 3.